The van der Waals surface area contributed by atoms with E-state index in [9.17, 15) is 13.2 Å². The maximum Gasteiger partial charge on any atom is 0.322 e. The van der Waals surface area contributed by atoms with E-state index in [1.165, 1.54) is 12.1 Å². The fourth-order valence-corrected chi connectivity index (χ4v) is 3.48. The lowest BCUT2D eigenvalue weighted by molar-refractivity contribution is -0.115. The summed E-state index contributed by atoms with van der Waals surface area (Å²) in [6.45, 7) is 1.87. The van der Waals surface area contributed by atoms with E-state index in [4.69, 9.17) is 4.42 Å². The van der Waals surface area contributed by atoms with Crippen LogP contribution in [0.1, 0.15) is 12.0 Å². The van der Waals surface area contributed by atoms with Gasteiger partial charge in [-0.3, -0.25) is 10.1 Å². The molecule has 1 heterocycles. The number of sulfone groups is 1. The molecule has 26 heavy (non-hydrogen) atoms. The Balaban J connectivity index is 1.59. The second-order valence-corrected chi connectivity index (χ2v) is 7.82. The molecule has 0 saturated heterocycles. The van der Waals surface area contributed by atoms with Crippen molar-refractivity contribution in [1.82, 2.24) is 10.2 Å². The highest BCUT2D eigenvalue weighted by molar-refractivity contribution is 7.91. The first kappa shape index (κ1) is 17.8. The fourth-order valence-electron chi connectivity index (χ4n) is 2.24. The summed E-state index contributed by atoms with van der Waals surface area (Å²) in [6, 6.07) is 15.5. The number of carbonyl (C=O) groups is 1. The molecule has 0 fully saturated rings. The zero-order valence-corrected chi connectivity index (χ0v) is 14.9. The van der Waals surface area contributed by atoms with Crippen LogP contribution >= 0.6 is 0 Å². The molecule has 0 unspecified atom stereocenters. The van der Waals surface area contributed by atoms with Gasteiger partial charge in [0.25, 0.3) is 0 Å². The molecule has 0 aliphatic heterocycles. The Morgan fingerprint density at radius 1 is 1.04 bits per heavy atom. The molecule has 1 aromatic heterocycles. The lowest BCUT2D eigenvalue weighted by Crippen LogP contribution is -2.17. The Morgan fingerprint density at radius 2 is 1.73 bits per heavy atom. The number of aryl methyl sites for hydroxylation is 1. The van der Waals surface area contributed by atoms with Crippen LogP contribution in [0.4, 0.5) is 6.01 Å². The molecule has 3 rings (SSSR count). The summed E-state index contributed by atoms with van der Waals surface area (Å²) in [7, 11) is -3.53. The lowest BCUT2D eigenvalue weighted by Gasteiger charge is -2.04. The van der Waals surface area contributed by atoms with Gasteiger partial charge in [0.2, 0.25) is 11.8 Å². The van der Waals surface area contributed by atoms with Gasteiger partial charge < -0.3 is 4.42 Å². The summed E-state index contributed by atoms with van der Waals surface area (Å²) in [5, 5.41) is 10.0. The highest BCUT2D eigenvalue weighted by atomic mass is 32.2. The second kappa shape index (κ2) is 7.49. The lowest BCUT2D eigenvalue weighted by atomic mass is 10.2. The van der Waals surface area contributed by atoms with Crippen molar-refractivity contribution in [2.24, 2.45) is 0 Å². The number of carbonyl (C=O) groups excluding carboxylic acids is 1. The smallest absolute Gasteiger partial charge is 0.322 e. The first-order valence-electron chi connectivity index (χ1n) is 7.92. The standard InChI is InChI=1S/C18H17N3O4S/c1-13-7-9-15(10-8-13)26(23,24)12-11-16(22)19-18-21-20-17(25-18)14-5-3-2-4-6-14/h2-10H,11-12H2,1H3,(H,19,21,22). The average Bonchev–Trinajstić information content (AvgIpc) is 3.10. The Labute approximate surface area is 151 Å². The summed E-state index contributed by atoms with van der Waals surface area (Å²) < 4.78 is 29.9. The number of aromatic nitrogens is 2. The number of nitrogens with zero attached hydrogens (tertiary/aromatic N) is 2. The van der Waals surface area contributed by atoms with Crippen molar-refractivity contribution in [3.63, 3.8) is 0 Å². The van der Waals surface area contributed by atoms with E-state index in [-0.39, 0.29) is 29.0 Å². The highest BCUT2D eigenvalue weighted by Gasteiger charge is 2.18. The molecule has 0 radical (unpaired) electrons. The first-order chi connectivity index (χ1) is 12.4. The van der Waals surface area contributed by atoms with Crippen molar-refractivity contribution in [2.75, 3.05) is 11.1 Å². The van der Waals surface area contributed by atoms with Gasteiger partial charge in [-0.1, -0.05) is 41.0 Å². The van der Waals surface area contributed by atoms with Gasteiger partial charge in [0, 0.05) is 12.0 Å². The number of benzene rings is 2. The van der Waals surface area contributed by atoms with Gasteiger partial charge in [-0.05, 0) is 31.2 Å². The van der Waals surface area contributed by atoms with Crippen LogP contribution in [0.15, 0.2) is 63.9 Å². The predicted octanol–water partition coefficient (Wildman–Crippen LogP) is 2.85. The minimum Gasteiger partial charge on any atom is -0.403 e. The zero-order valence-electron chi connectivity index (χ0n) is 14.0. The predicted molar refractivity (Wildman–Crippen MR) is 96.2 cm³/mol. The maximum absolute atomic E-state index is 12.3. The second-order valence-electron chi connectivity index (χ2n) is 5.71. The minimum absolute atomic E-state index is 0.0680. The topological polar surface area (TPSA) is 102 Å². The van der Waals surface area contributed by atoms with Crippen LogP contribution < -0.4 is 5.32 Å². The van der Waals surface area contributed by atoms with Gasteiger partial charge in [-0.15, -0.1) is 5.10 Å². The third-order valence-electron chi connectivity index (χ3n) is 3.67. The molecule has 0 saturated carbocycles. The van der Waals surface area contributed by atoms with Crippen LogP contribution in [-0.2, 0) is 14.6 Å². The van der Waals surface area contributed by atoms with E-state index >= 15 is 0 Å². The Bertz CT molecular complexity index is 996. The van der Waals surface area contributed by atoms with Gasteiger partial charge in [-0.25, -0.2) is 8.42 Å². The van der Waals surface area contributed by atoms with Gasteiger partial charge in [-0.2, -0.15) is 0 Å². The first-order valence-corrected chi connectivity index (χ1v) is 9.57. The van der Waals surface area contributed by atoms with E-state index in [0.29, 0.717) is 0 Å². The van der Waals surface area contributed by atoms with E-state index in [0.717, 1.165) is 11.1 Å². The monoisotopic (exact) mass is 371 g/mol. The van der Waals surface area contributed by atoms with E-state index < -0.39 is 15.7 Å². The van der Waals surface area contributed by atoms with Gasteiger partial charge in [0.05, 0.1) is 10.6 Å². The molecule has 8 heteroatoms. The molecule has 3 aromatic rings. The molecule has 7 nitrogen and oxygen atoms in total. The Morgan fingerprint density at radius 3 is 2.42 bits per heavy atom. The van der Waals surface area contributed by atoms with Crippen LogP contribution in [-0.4, -0.2) is 30.3 Å². The van der Waals surface area contributed by atoms with E-state index in [2.05, 4.69) is 15.5 Å². The molecule has 0 atom stereocenters. The minimum atomic E-state index is -3.53. The molecular formula is C18H17N3O4S. The molecule has 0 bridgehead atoms. The number of hydrogen-bond acceptors (Lipinski definition) is 6. The SMILES string of the molecule is Cc1ccc(S(=O)(=O)CCC(=O)Nc2nnc(-c3ccccc3)o2)cc1. The molecule has 1 N–H and O–H groups in total. The summed E-state index contributed by atoms with van der Waals surface area (Å²) >= 11 is 0. The molecule has 2 aromatic carbocycles. The molecule has 0 aliphatic carbocycles. The van der Waals surface area contributed by atoms with Crippen LogP contribution in [0, 0.1) is 6.92 Å². The third-order valence-corrected chi connectivity index (χ3v) is 5.40. The number of rotatable bonds is 6. The number of hydrogen-bond donors (Lipinski definition) is 1. The molecule has 134 valence electrons. The number of nitrogens with one attached hydrogen (secondary N) is 1. The van der Waals surface area contributed by atoms with Gasteiger partial charge >= 0.3 is 6.01 Å². The van der Waals surface area contributed by atoms with Crippen molar-refractivity contribution in [2.45, 2.75) is 18.2 Å². The number of anilines is 1. The van der Waals surface area contributed by atoms with Gasteiger partial charge in [0.15, 0.2) is 9.84 Å². The summed E-state index contributed by atoms with van der Waals surface area (Å²) in [4.78, 5) is 12.2. The summed E-state index contributed by atoms with van der Waals surface area (Å²) in [5.74, 6) is -0.543. The summed E-state index contributed by atoms with van der Waals surface area (Å²) in [6.07, 6.45) is -0.209. The van der Waals surface area contributed by atoms with Crippen molar-refractivity contribution in [3.05, 3.63) is 60.2 Å². The van der Waals surface area contributed by atoms with E-state index in [1.807, 2.05) is 25.1 Å². The quantitative estimate of drug-likeness (QED) is 0.715. The fraction of sp³-hybridized carbons (Fsp3) is 0.167. The molecule has 0 aliphatic rings. The van der Waals surface area contributed by atoms with Crippen LogP contribution in [0.5, 0.6) is 0 Å². The van der Waals surface area contributed by atoms with Crippen molar-refractivity contribution in [1.29, 1.82) is 0 Å². The highest BCUT2D eigenvalue weighted by Crippen LogP contribution is 2.19. The molecule has 0 spiro atoms. The van der Waals surface area contributed by atoms with E-state index in [1.54, 1.807) is 24.3 Å². The number of amides is 1. The van der Waals surface area contributed by atoms with Gasteiger partial charge in [0.1, 0.15) is 0 Å². The third kappa shape index (κ3) is 4.34. The zero-order chi connectivity index (χ0) is 18.6. The largest absolute Gasteiger partial charge is 0.403 e. The Hall–Kier alpha value is -3.00. The van der Waals surface area contributed by atoms with Crippen molar-refractivity contribution in [3.8, 4) is 11.5 Å². The Kier molecular flexibility index (Phi) is 5.13. The maximum atomic E-state index is 12.3. The molecular weight excluding hydrogens is 354 g/mol. The van der Waals surface area contributed by atoms with Crippen LogP contribution in [0.3, 0.4) is 0 Å². The van der Waals surface area contributed by atoms with Crippen molar-refractivity contribution < 1.29 is 17.6 Å². The normalized spacial score (nSPS) is 11.3. The van der Waals surface area contributed by atoms with Crippen molar-refractivity contribution >= 4 is 21.8 Å². The molecule has 1 amide bonds. The van der Waals surface area contributed by atoms with Crippen LogP contribution in [0.25, 0.3) is 11.5 Å². The average molecular weight is 371 g/mol. The summed E-state index contributed by atoms with van der Waals surface area (Å²) in [5.41, 5.74) is 1.69. The van der Waals surface area contributed by atoms with Crippen LogP contribution in [0.2, 0.25) is 0 Å².